The van der Waals surface area contributed by atoms with E-state index in [0.29, 0.717) is 5.69 Å². The maximum Gasteiger partial charge on any atom is 0.108 e. The normalized spacial score (nSPS) is 10.5. The van der Waals surface area contributed by atoms with E-state index < -0.39 is 0 Å². The molecule has 0 spiro atoms. The van der Waals surface area contributed by atoms with Gasteiger partial charge in [0.1, 0.15) is 5.69 Å². The smallest absolute Gasteiger partial charge is 0.108 e. The fraction of sp³-hybridized carbons (Fsp3) is 0.167. The summed E-state index contributed by atoms with van der Waals surface area (Å²) in [6.07, 6.45) is 0. The monoisotopic (exact) mass is 200 g/mol. The van der Waals surface area contributed by atoms with E-state index in [1.807, 2.05) is 25.2 Å². The lowest BCUT2D eigenvalue weighted by Crippen LogP contribution is -2.04. The highest BCUT2D eigenvalue weighted by atomic mass is 16.3. The molecular formula is C12H12N2O. The zero-order valence-electron chi connectivity index (χ0n) is 8.53. The van der Waals surface area contributed by atoms with E-state index in [0.717, 1.165) is 17.3 Å². The fourth-order valence-corrected chi connectivity index (χ4v) is 1.65. The summed E-state index contributed by atoms with van der Waals surface area (Å²) in [4.78, 5) is 10.4. The van der Waals surface area contributed by atoms with Crippen LogP contribution in [0.25, 0.3) is 10.8 Å². The predicted octanol–water partition coefficient (Wildman–Crippen LogP) is 2.96. The van der Waals surface area contributed by atoms with Gasteiger partial charge in [0, 0.05) is 6.54 Å². The second-order valence-electron chi connectivity index (χ2n) is 3.49. The molecule has 0 amide bonds. The summed E-state index contributed by atoms with van der Waals surface area (Å²) in [5.74, 6) is 0. The van der Waals surface area contributed by atoms with Crippen molar-refractivity contribution in [3.8, 4) is 0 Å². The molecular weight excluding hydrogens is 188 g/mol. The van der Waals surface area contributed by atoms with E-state index in [9.17, 15) is 4.91 Å². The van der Waals surface area contributed by atoms with E-state index in [2.05, 4.69) is 16.6 Å². The van der Waals surface area contributed by atoms with Crippen molar-refractivity contribution in [3.05, 3.63) is 46.9 Å². The first-order chi connectivity index (χ1) is 7.33. The Morgan fingerprint density at radius 1 is 1.13 bits per heavy atom. The molecule has 0 bridgehead atoms. The number of nitrogens with zero attached hydrogens (tertiary/aromatic N) is 1. The predicted molar refractivity (Wildman–Crippen MR) is 62.2 cm³/mol. The van der Waals surface area contributed by atoms with Gasteiger partial charge in [-0.15, -0.1) is 4.91 Å². The van der Waals surface area contributed by atoms with Crippen molar-refractivity contribution in [1.29, 1.82) is 0 Å². The number of benzene rings is 2. The quantitative estimate of drug-likeness (QED) is 0.774. The van der Waals surface area contributed by atoms with Gasteiger partial charge in [-0.1, -0.05) is 18.2 Å². The van der Waals surface area contributed by atoms with E-state index in [1.165, 1.54) is 5.56 Å². The molecule has 1 N–H and O–H groups in total. The van der Waals surface area contributed by atoms with Gasteiger partial charge in [-0.3, -0.25) is 0 Å². The number of rotatable bonds is 3. The molecule has 0 aromatic heterocycles. The minimum atomic E-state index is 0.476. The molecule has 0 saturated heterocycles. The zero-order chi connectivity index (χ0) is 10.7. The topological polar surface area (TPSA) is 41.5 Å². The van der Waals surface area contributed by atoms with Crippen molar-refractivity contribution < 1.29 is 0 Å². The van der Waals surface area contributed by atoms with Gasteiger partial charge in [-0.25, -0.2) is 0 Å². The average Bonchev–Trinajstić information content (AvgIpc) is 2.29. The van der Waals surface area contributed by atoms with Crippen molar-refractivity contribution in [2.24, 2.45) is 5.18 Å². The van der Waals surface area contributed by atoms with E-state index >= 15 is 0 Å². The first-order valence-electron chi connectivity index (χ1n) is 4.84. The van der Waals surface area contributed by atoms with Crippen molar-refractivity contribution in [3.63, 3.8) is 0 Å². The Kier molecular flexibility index (Phi) is 2.74. The highest BCUT2D eigenvalue weighted by Gasteiger charge is 1.98. The highest BCUT2D eigenvalue weighted by Crippen LogP contribution is 2.22. The molecule has 0 radical (unpaired) electrons. The largest absolute Gasteiger partial charge is 0.316 e. The van der Waals surface area contributed by atoms with Crippen LogP contribution in [0.5, 0.6) is 0 Å². The average molecular weight is 200 g/mol. The molecule has 2 aromatic carbocycles. The van der Waals surface area contributed by atoms with Gasteiger partial charge in [0.15, 0.2) is 0 Å². The standard InChI is InChI=1S/C12H12N2O/c1-13-8-9-2-3-11-7-12(14-15)5-4-10(11)6-9/h2-7,13H,8H2,1H3. The van der Waals surface area contributed by atoms with Crippen LogP contribution >= 0.6 is 0 Å². The SMILES string of the molecule is CNCc1ccc2cc(N=O)ccc2c1. The van der Waals surface area contributed by atoms with Gasteiger partial charge in [-0.05, 0) is 46.8 Å². The van der Waals surface area contributed by atoms with Gasteiger partial charge < -0.3 is 5.32 Å². The molecule has 0 unspecified atom stereocenters. The number of nitroso groups, excluding NO2 is 1. The molecule has 15 heavy (non-hydrogen) atoms. The fourth-order valence-electron chi connectivity index (χ4n) is 1.65. The molecule has 3 nitrogen and oxygen atoms in total. The molecule has 0 saturated carbocycles. The minimum Gasteiger partial charge on any atom is -0.316 e. The van der Waals surface area contributed by atoms with Crippen LogP contribution in [0.15, 0.2) is 41.6 Å². The van der Waals surface area contributed by atoms with Crippen molar-refractivity contribution in [2.45, 2.75) is 6.54 Å². The Morgan fingerprint density at radius 2 is 1.87 bits per heavy atom. The lowest BCUT2D eigenvalue weighted by Gasteiger charge is -2.03. The zero-order valence-corrected chi connectivity index (χ0v) is 8.53. The number of nitrogens with one attached hydrogen (secondary N) is 1. The highest BCUT2D eigenvalue weighted by molar-refractivity contribution is 5.85. The van der Waals surface area contributed by atoms with Crippen molar-refractivity contribution in [2.75, 3.05) is 7.05 Å². The van der Waals surface area contributed by atoms with Crippen LogP contribution in [0.2, 0.25) is 0 Å². The van der Waals surface area contributed by atoms with Crippen LogP contribution in [0, 0.1) is 4.91 Å². The summed E-state index contributed by atoms with van der Waals surface area (Å²) in [6.45, 7) is 0.851. The van der Waals surface area contributed by atoms with Crippen LogP contribution < -0.4 is 5.32 Å². The minimum absolute atomic E-state index is 0.476. The summed E-state index contributed by atoms with van der Waals surface area (Å²) >= 11 is 0. The maximum atomic E-state index is 10.4. The number of fused-ring (bicyclic) bond motifs is 1. The molecule has 0 aliphatic rings. The third kappa shape index (κ3) is 2.02. The molecule has 76 valence electrons. The summed E-state index contributed by atoms with van der Waals surface area (Å²) < 4.78 is 0. The van der Waals surface area contributed by atoms with Crippen LogP contribution in [-0.2, 0) is 6.54 Å². The second kappa shape index (κ2) is 4.19. The van der Waals surface area contributed by atoms with Crippen LogP contribution in [0.3, 0.4) is 0 Å². The van der Waals surface area contributed by atoms with Crippen LogP contribution in [0.4, 0.5) is 5.69 Å². The van der Waals surface area contributed by atoms with Gasteiger partial charge in [0.25, 0.3) is 0 Å². The van der Waals surface area contributed by atoms with E-state index in [-0.39, 0.29) is 0 Å². The van der Waals surface area contributed by atoms with E-state index in [1.54, 1.807) is 12.1 Å². The number of hydrogen-bond acceptors (Lipinski definition) is 3. The lowest BCUT2D eigenvalue weighted by atomic mass is 10.1. The van der Waals surface area contributed by atoms with Crippen molar-refractivity contribution in [1.82, 2.24) is 5.32 Å². The number of hydrogen-bond donors (Lipinski definition) is 1. The molecule has 0 fully saturated rings. The Labute approximate surface area is 88.1 Å². The van der Waals surface area contributed by atoms with Gasteiger partial charge in [0.05, 0.1) is 0 Å². The first kappa shape index (κ1) is 9.80. The molecule has 0 heterocycles. The molecule has 0 atom stereocenters. The third-order valence-corrected chi connectivity index (χ3v) is 2.37. The first-order valence-corrected chi connectivity index (χ1v) is 4.84. The Morgan fingerprint density at radius 3 is 2.60 bits per heavy atom. The van der Waals surface area contributed by atoms with Crippen LogP contribution in [-0.4, -0.2) is 7.05 Å². The second-order valence-corrected chi connectivity index (χ2v) is 3.49. The summed E-state index contributed by atoms with van der Waals surface area (Å²) in [6, 6.07) is 11.6. The van der Waals surface area contributed by atoms with Gasteiger partial charge in [0.2, 0.25) is 0 Å². The summed E-state index contributed by atoms with van der Waals surface area (Å²) in [7, 11) is 1.92. The third-order valence-electron chi connectivity index (χ3n) is 2.37. The molecule has 0 aliphatic carbocycles. The Bertz CT molecular complexity index is 494. The molecule has 2 aromatic rings. The maximum absolute atomic E-state index is 10.4. The van der Waals surface area contributed by atoms with Gasteiger partial charge >= 0.3 is 0 Å². The molecule has 2 rings (SSSR count). The van der Waals surface area contributed by atoms with Crippen molar-refractivity contribution >= 4 is 16.5 Å². The van der Waals surface area contributed by atoms with E-state index in [4.69, 9.17) is 0 Å². The summed E-state index contributed by atoms with van der Waals surface area (Å²) in [5.41, 5.74) is 1.71. The summed E-state index contributed by atoms with van der Waals surface area (Å²) in [5, 5.41) is 8.20. The Balaban J connectivity index is 2.49. The molecule has 0 aliphatic heterocycles. The lowest BCUT2D eigenvalue weighted by molar-refractivity contribution is 0.819. The Hall–Kier alpha value is -1.74. The van der Waals surface area contributed by atoms with Crippen LogP contribution in [0.1, 0.15) is 5.56 Å². The molecule has 3 heteroatoms. The van der Waals surface area contributed by atoms with Gasteiger partial charge in [-0.2, -0.15) is 0 Å².